The van der Waals surface area contributed by atoms with E-state index in [1.165, 1.54) is 7.11 Å². The van der Waals surface area contributed by atoms with Gasteiger partial charge in [0.1, 0.15) is 5.56 Å². The van der Waals surface area contributed by atoms with Gasteiger partial charge in [0.15, 0.2) is 5.75 Å². The van der Waals surface area contributed by atoms with Gasteiger partial charge in [-0.2, -0.15) is 0 Å². The van der Waals surface area contributed by atoms with Crippen LogP contribution < -0.4 is 9.64 Å². The van der Waals surface area contributed by atoms with Crippen LogP contribution in [0.4, 0.5) is 14.5 Å². The molecule has 4 nitrogen and oxygen atoms in total. The molecule has 1 saturated heterocycles. The number of halogens is 3. The summed E-state index contributed by atoms with van der Waals surface area (Å²) >= 11 is 3.36. The Morgan fingerprint density at radius 3 is 2.43 bits per heavy atom. The Morgan fingerprint density at radius 1 is 1.30 bits per heavy atom. The van der Waals surface area contributed by atoms with Crippen molar-refractivity contribution in [3.05, 3.63) is 22.2 Å². The maximum Gasteiger partial charge on any atom is 0.341 e. The van der Waals surface area contributed by atoms with Crippen LogP contribution in [-0.2, 0) is 4.74 Å². The molecule has 0 aliphatic carbocycles. The highest BCUT2D eigenvalue weighted by atomic mass is 79.9. The van der Waals surface area contributed by atoms with Crippen molar-refractivity contribution >= 4 is 27.6 Å². The molecule has 1 aromatic carbocycles. The normalized spacial score (nSPS) is 17.3. The third-order valence-corrected chi connectivity index (χ3v) is 4.09. The summed E-state index contributed by atoms with van der Waals surface area (Å²) in [6.45, 7) is 4.10. The second-order valence-electron chi connectivity index (χ2n) is 5.80. The number of ether oxygens (including phenoxy) is 2. The SMILES string of the molecule is COC(=O)c1cc(Br)cc(N2CCC(F)(F)CC2)c1OC(C)C. The standard InChI is InChI=1S/C16H20BrF2NO3/c1-10(2)23-14-12(15(21)22-3)8-11(17)9-13(14)20-6-4-16(18,19)5-7-20/h8-10H,4-7H2,1-3H3. The molecule has 0 saturated carbocycles. The van der Waals surface area contributed by atoms with Crippen LogP contribution in [0.15, 0.2) is 16.6 Å². The first-order valence-electron chi connectivity index (χ1n) is 7.45. The summed E-state index contributed by atoms with van der Waals surface area (Å²) < 4.78 is 38.1. The second kappa shape index (κ2) is 7.03. The van der Waals surface area contributed by atoms with Crippen LogP contribution in [0.5, 0.6) is 5.75 Å². The highest BCUT2D eigenvalue weighted by Crippen LogP contribution is 2.40. The third-order valence-electron chi connectivity index (χ3n) is 3.63. The number of hydrogen-bond donors (Lipinski definition) is 0. The first-order valence-corrected chi connectivity index (χ1v) is 8.24. The first-order chi connectivity index (χ1) is 10.7. The number of anilines is 1. The number of carbonyl (C=O) groups excluding carboxylic acids is 1. The molecule has 0 aromatic heterocycles. The van der Waals surface area contributed by atoms with E-state index < -0.39 is 11.9 Å². The van der Waals surface area contributed by atoms with E-state index in [2.05, 4.69) is 15.9 Å². The molecule has 0 unspecified atom stereocenters. The van der Waals surface area contributed by atoms with Crippen molar-refractivity contribution in [1.29, 1.82) is 0 Å². The van der Waals surface area contributed by atoms with Crippen molar-refractivity contribution in [3.8, 4) is 5.75 Å². The van der Waals surface area contributed by atoms with E-state index >= 15 is 0 Å². The molecule has 1 heterocycles. The van der Waals surface area contributed by atoms with E-state index in [1.807, 2.05) is 18.7 Å². The van der Waals surface area contributed by atoms with Gasteiger partial charge >= 0.3 is 5.97 Å². The van der Waals surface area contributed by atoms with E-state index in [0.29, 0.717) is 15.9 Å². The molecule has 0 amide bonds. The van der Waals surface area contributed by atoms with Gasteiger partial charge in [-0.3, -0.25) is 0 Å². The molecule has 2 rings (SSSR count). The third kappa shape index (κ3) is 4.34. The Kier molecular flexibility index (Phi) is 5.49. The van der Waals surface area contributed by atoms with E-state index in [1.54, 1.807) is 12.1 Å². The Morgan fingerprint density at radius 2 is 1.91 bits per heavy atom. The minimum atomic E-state index is -2.63. The monoisotopic (exact) mass is 391 g/mol. The highest BCUT2D eigenvalue weighted by molar-refractivity contribution is 9.10. The summed E-state index contributed by atoms with van der Waals surface area (Å²) in [6, 6.07) is 3.40. The number of esters is 1. The zero-order valence-electron chi connectivity index (χ0n) is 13.4. The van der Waals surface area contributed by atoms with Crippen LogP contribution in [-0.4, -0.2) is 38.2 Å². The molecule has 1 aliphatic heterocycles. The van der Waals surface area contributed by atoms with Crippen molar-refractivity contribution in [1.82, 2.24) is 0 Å². The number of rotatable bonds is 4. The smallest absolute Gasteiger partial charge is 0.341 e. The number of hydrogen-bond acceptors (Lipinski definition) is 4. The van der Waals surface area contributed by atoms with Crippen molar-refractivity contribution < 1.29 is 23.0 Å². The fraction of sp³-hybridized carbons (Fsp3) is 0.562. The summed E-state index contributed by atoms with van der Waals surface area (Å²) in [5, 5.41) is 0. The van der Waals surface area contributed by atoms with Crippen LogP contribution >= 0.6 is 15.9 Å². The van der Waals surface area contributed by atoms with Crippen molar-refractivity contribution in [2.75, 3.05) is 25.1 Å². The van der Waals surface area contributed by atoms with Gasteiger partial charge in [-0.1, -0.05) is 15.9 Å². The summed E-state index contributed by atoms with van der Waals surface area (Å²) in [5.74, 6) is -2.78. The topological polar surface area (TPSA) is 38.8 Å². The number of alkyl halides is 2. The zero-order valence-corrected chi connectivity index (χ0v) is 15.0. The van der Waals surface area contributed by atoms with Crippen molar-refractivity contribution in [3.63, 3.8) is 0 Å². The molecular weight excluding hydrogens is 372 g/mol. The van der Waals surface area contributed by atoms with Crippen LogP contribution in [0.25, 0.3) is 0 Å². The quantitative estimate of drug-likeness (QED) is 0.718. The van der Waals surface area contributed by atoms with E-state index in [4.69, 9.17) is 9.47 Å². The largest absolute Gasteiger partial charge is 0.488 e. The van der Waals surface area contributed by atoms with Gasteiger partial charge in [-0.15, -0.1) is 0 Å². The Bertz CT molecular complexity index is 583. The average Bonchev–Trinajstić information content (AvgIpc) is 2.47. The number of benzene rings is 1. The molecule has 1 fully saturated rings. The van der Waals surface area contributed by atoms with Crippen LogP contribution in [0.2, 0.25) is 0 Å². The summed E-state index contributed by atoms with van der Waals surface area (Å²) in [4.78, 5) is 13.9. The number of piperidine rings is 1. The summed E-state index contributed by atoms with van der Waals surface area (Å²) in [5.41, 5.74) is 0.909. The van der Waals surface area contributed by atoms with E-state index in [9.17, 15) is 13.6 Å². The molecule has 7 heteroatoms. The Labute approximate surface area is 142 Å². The second-order valence-corrected chi connectivity index (χ2v) is 6.72. The van der Waals surface area contributed by atoms with Crippen LogP contribution in [0.1, 0.15) is 37.0 Å². The minimum Gasteiger partial charge on any atom is -0.488 e. The van der Waals surface area contributed by atoms with Gasteiger partial charge in [-0.25, -0.2) is 13.6 Å². The van der Waals surface area contributed by atoms with Gasteiger partial charge in [0, 0.05) is 30.4 Å². The van der Waals surface area contributed by atoms with E-state index in [0.717, 1.165) is 0 Å². The molecule has 0 N–H and O–H groups in total. The first kappa shape index (κ1) is 18.0. The maximum absolute atomic E-state index is 13.4. The fourth-order valence-electron chi connectivity index (χ4n) is 2.51. The number of carbonyl (C=O) groups is 1. The van der Waals surface area contributed by atoms with Gasteiger partial charge in [0.05, 0.1) is 18.9 Å². The molecule has 23 heavy (non-hydrogen) atoms. The van der Waals surface area contributed by atoms with Gasteiger partial charge in [-0.05, 0) is 26.0 Å². The maximum atomic E-state index is 13.4. The lowest BCUT2D eigenvalue weighted by atomic mass is 10.0. The van der Waals surface area contributed by atoms with Crippen molar-refractivity contribution in [2.45, 2.75) is 38.7 Å². The zero-order chi connectivity index (χ0) is 17.2. The lowest BCUT2D eigenvalue weighted by Crippen LogP contribution is -2.39. The van der Waals surface area contributed by atoms with Gasteiger partial charge in [0.25, 0.3) is 5.92 Å². The number of nitrogens with zero attached hydrogens (tertiary/aromatic N) is 1. The molecule has 0 bridgehead atoms. The Hall–Kier alpha value is -1.37. The number of methoxy groups -OCH3 is 1. The average molecular weight is 392 g/mol. The molecule has 1 aliphatic rings. The van der Waals surface area contributed by atoms with Gasteiger partial charge in [0.2, 0.25) is 0 Å². The molecular formula is C16H20BrF2NO3. The minimum absolute atomic E-state index is 0.162. The van der Waals surface area contributed by atoms with Crippen LogP contribution in [0.3, 0.4) is 0 Å². The van der Waals surface area contributed by atoms with Crippen molar-refractivity contribution in [2.24, 2.45) is 0 Å². The predicted octanol–water partition coefficient (Wildman–Crippen LogP) is 4.26. The predicted molar refractivity (Wildman–Crippen MR) is 87.6 cm³/mol. The molecule has 1 aromatic rings. The lowest BCUT2D eigenvalue weighted by molar-refractivity contribution is -0.0221. The molecule has 0 radical (unpaired) electrons. The van der Waals surface area contributed by atoms with Gasteiger partial charge < -0.3 is 14.4 Å². The van der Waals surface area contributed by atoms with E-state index in [-0.39, 0.29) is 37.6 Å². The molecule has 0 spiro atoms. The fourth-order valence-corrected chi connectivity index (χ4v) is 2.96. The molecule has 128 valence electrons. The van der Waals surface area contributed by atoms with Crippen LogP contribution in [0, 0.1) is 0 Å². The summed E-state index contributed by atoms with van der Waals surface area (Å²) in [7, 11) is 1.30. The Balaban J connectivity index is 2.44. The highest BCUT2D eigenvalue weighted by Gasteiger charge is 2.35. The molecule has 0 atom stereocenters. The lowest BCUT2D eigenvalue weighted by Gasteiger charge is -2.35. The summed E-state index contributed by atoms with van der Waals surface area (Å²) in [6.07, 6.45) is -0.591.